The van der Waals surface area contributed by atoms with Crippen molar-refractivity contribution in [1.29, 1.82) is 0 Å². The molecule has 2 aromatic rings. The molecule has 0 unspecified atom stereocenters. The summed E-state index contributed by atoms with van der Waals surface area (Å²) < 4.78 is 5.04. The van der Waals surface area contributed by atoms with E-state index in [1.165, 1.54) is 25.3 Å². The summed E-state index contributed by atoms with van der Waals surface area (Å²) >= 11 is 0. The summed E-state index contributed by atoms with van der Waals surface area (Å²) in [5, 5.41) is 11.7. The number of carboxylic acids is 1. The lowest BCUT2D eigenvalue weighted by Gasteiger charge is -2.11. The Hall–Kier alpha value is -2.89. The van der Waals surface area contributed by atoms with Crippen LogP contribution in [-0.2, 0) is 0 Å². The Labute approximate surface area is 121 Å². The number of nitrogens with zero attached hydrogens (tertiary/aromatic N) is 1. The molecule has 0 radical (unpaired) electrons. The number of ether oxygens (including phenoxy) is 1. The van der Waals surface area contributed by atoms with Gasteiger partial charge in [-0.25, -0.2) is 4.79 Å². The highest BCUT2D eigenvalue weighted by Crippen LogP contribution is 2.23. The molecule has 2 N–H and O–H groups in total. The predicted octanol–water partition coefficient (Wildman–Crippen LogP) is 2.35. The van der Waals surface area contributed by atoms with Gasteiger partial charge in [-0.05, 0) is 31.2 Å². The minimum Gasteiger partial charge on any atom is -0.497 e. The number of carbonyl (C=O) groups excluding carboxylic acids is 1. The van der Waals surface area contributed by atoms with Crippen LogP contribution in [0, 0.1) is 6.92 Å². The number of pyridine rings is 1. The molecule has 6 heteroatoms. The average molecular weight is 286 g/mol. The first kappa shape index (κ1) is 14.5. The third-order valence-electron chi connectivity index (χ3n) is 2.96. The quantitative estimate of drug-likeness (QED) is 0.900. The van der Waals surface area contributed by atoms with Crippen LogP contribution in [0.1, 0.15) is 26.4 Å². The number of nitrogens with one attached hydrogen (secondary N) is 1. The molecule has 0 aliphatic carbocycles. The van der Waals surface area contributed by atoms with Crippen LogP contribution in [0.2, 0.25) is 0 Å². The van der Waals surface area contributed by atoms with E-state index in [1.807, 2.05) is 0 Å². The molecule has 6 nitrogen and oxygen atoms in total. The Morgan fingerprint density at radius 2 is 2.00 bits per heavy atom. The molecular weight excluding hydrogens is 272 g/mol. The van der Waals surface area contributed by atoms with Crippen molar-refractivity contribution in [3.8, 4) is 5.75 Å². The Bertz CT molecular complexity index is 698. The van der Waals surface area contributed by atoms with Gasteiger partial charge in [0.1, 0.15) is 5.75 Å². The number of hydrogen-bond acceptors (Lipinski definition) is 4. The predicted molar refractivity (Wildman–Crippen MR) is 76.9 cm³/mol. The van der Waals surface area contributed by atoms with E-state index in [9.17, 15) is 9.59 Å². The van der Waals surface area contributed by atoms with Gasteiger partial charge in [0.25, 0.3) is 5.91 Å². The van der Waals surface area contributed by atoms with Crippen LogP contribution in [0.4, 0.5) is 5.69 Å². The molecular formula is C15H14N2O4. The van der Waals surface area contributed by atoms with Crippen molar-refractivity contribution < 1.29 is 19.4 Å². The van der Waals surface area contributed by atoms with Gasteiger partial charge >= 0.3 is 5.97 Å². The van der Waals surface area contributed by atoms with E-state index in [1.54, 1.807) is 25.3 Å². The van der Waals surface area contributed by atoms with E-state index in [0.29, 0.717) is 17.0 Å². The number of aromatic carboxylic acids is 1. The molecule has 0 saturated carbocycles. The van der Waals surface area contributed by atoms with Gasteiger partial charge in [-0.2, -0.15) is 0 Å². The van der Waals surface area contributed by atoms with Crippen LogP contribution in [-0.4, -0.2) is 29.1 Å². The zero-order chi connectivity index (χ0) is 15.4. The number of hydrogen-bond donors (Lipinski definition) is 2. The second kappa shape index (κ2) is 6.04. The Morgan fingerprint density at radius 3 is 2.62 bits per heavy atom. The van der Waals surface area contributed by atoms with Gasteiger partial charge in [-0.3, -0.25) is 9.78 Å². The number of carboxylic acid groups (broad SMARTS) is 1. The summed E-state index contributed by atoms with van der Waals surface area (Å²) in [5.41, 5.74) is 1.12. The highest BCUT2D eigenvalue weighted by Gasteiger charge is 2.16. The molecule has 0 fully saturated rings. The van der Waals surface area contributed by atoms with E-state index in [-0.39, 0.29) is 11.3 Å². The molecule has 0 aliphatic rings. The van der Waals surface area contributed by atoms with Crippen molar-refractivity contribution in [3.05, 3.63) is 53.3 Å². The first-order valence-corrected chi connectivity index (χ1v) is 6.17. The van der Waals surface area contributed by atoms with Crippen LogP contribution in [0.25, 0.3) is 0 Å². The summed E-state index contributed by atoms with van der Waals surface area (Å²) in [5.74, 6) is -1.09. The minimum absolute atomic E-state index is 0.00862. The standard InChI is InChI=1S/C15H14N2O4/c1-9-11(4-3-7-16-9)14(18)17-13-8-10(21-2)5-6-12(13)15(19)20/h3-8H,1-2H3,(H,17,18)(H,19,20). The van der Waals surface area contributed by atoms with Crippen molar-refractivity contribution >= 4 is 17.6 Å². The van der Waals surface area contributed by atoms with Crippen molar-refractivity contribution in [3.63, 3.8) is 0 Å². The third-order valence-corrected chi connectivity index (χ3v) is 2.96. The van der Waals surface area contributed by atoms with Crippen molar-refractivity contribution in [1.82, 2.24) is 4.98 Å². The molecule has 108 valence electrons. The largest absolute Gasteiger partial charge is 0.497 e. The fourth-order valence-electron chi connectivity index (χ4n) is 1.85. The molecule has 1 aromatic heterocycles. The van der Waals surface area contributed by atoms with Gasteiger partial charge in [-0.1, -0.05) is 0 Å². The van der Waals surface area contributed by atoms with Gasteiger partial charge in [0, 0.05) is 18.0 Å². The second-order valence-corrected chi connectivity index (χ2v) is 4.31. The number of aryl methyl sites for hydroxylation is 1. The van der Waals surface area contributed by atoms with Gasteiger partial charge in [0.2, 0.25) is 0 Å². The molecule has 0 atom stereocenters. The summed E-state index contributed by atoms with van der Waals surface area (Å²) in [6.07, 6.45) is 1.58. The van der Waals surface area contributed by atoms with E-state index < -0.39 is 11.9 Å². The van der Waals surface area contributed by atoms with Gasteiger partial charge < -0.3 is 15.2 Å². The fraction of sp³-hybridized carbons (Fsp3) is 0.133. The number of aromatic nitrogens is 1. The van der Waals surface area contributed by atoms with Crippen LogP contribution < -0.4 is 10.1 Å². The summed E-state index contributed by atoms with van der Waals surface area (Å²) in [7, 11) is 1.46. The summed E-state index contributed by atoms with van der Waals surface area (Å²) in [6, 6.07) is 7.64. The molecule has 1 amide bonds. The van der Waals surface area contributed by atoms with Crippen LogP contribution in [0.5, 0.6) is 5.75 Å². The van der Waals surface area contributed by atoms with Gasteiger partial charge in [0.15, 0.2) is 0 Å². The highest BCUT2D eigenvalue weighted by molar-refractivity contribution is 6.08. The van der Waals surface area contributed by atoms with E-state index in [0.717, 1.165) is 0 Å². The monoisotopic (exact) mass is 286 g/mol. The lowest BCUT2D eigenvalue weighted by molar-refractivity contribution is 0.0698. The number of amides is 1. The number of benzene rings is 1. The topological polar surface area (TPSA) is 88.5 Å². The lowest BCUT2D eigenvalue weighted by atomic mass is 10.1. The maximum Gasteiger partial charge on any atom is 0.337 e. The van der Waals surface area contributed by atoms with E-state index in [4.69, 9.17) is 9.84 Å². The number of rotatable bonds is 4. The lowest BCUT2D eigenvalue weighted by Crippen LogP contribution is -2.16. The fourth-order valence-corrected chi connectivity index (χ4v) is 1.85. The molecule has 1 aromatic carbocycles. The Kier molecular flexibility index (Phi) is 4.18. The SMILES string of the molecule is COc1ccc(C(=O)O)c(NC(=O)c2cccnc2C)c1. The number of anilines is 1. The van der Waals surface area contributed by atoms with Crippen LogP contribution in [0.3, 0.4) is 0 Å². The van der Waals surface area contributed by atoms with Gasteiger partial charge in [-0.15, -0.1) is 0 Å². The van der Waals surface area contributed by atoms with Crippen LogP contribution in [0.15, 0.2) is 36.5 Å². The van der Waals surface area contributed by atoms with Crippen LogP contribution >= 0.6 is 0 Å². The minimum atomic E-state index is -1.13. The Balaban J connectivity index is 2.36. The van der Waals surface area contributed by atoms with Gasteiger partial charge in [0.05, 0.1) is 23.9 Å². The molecule has 21 heavy (non-hydrogen) atoms. The smallest absolute Gasteiger partial charge is 0.337 e. The van der Waals surface area contributed by atoms with Crippen molar-refractivity contribution in [2.75, 3.05) is 12.4 Å². The number of methoxy groups -OCH3 is 1. The maximum absolute atomic E-state index is 12.2. The van der Waals surface area contributed by atoms with Crippen molar-refractivity contribution in [2.24, 2.45) is 0 Å². The summed E-state index contributed by atoms with van der Waals surface area (Å²) in [6.45, 7) is 1.71. The maximum atomic E-state index is 12.2. The zero-order valence-electron chi connectivity index (χ0n) is 11.6. The van der Waals surface area contributed by atoms with Crippen molar-refractivity contribution in [2.45, 2.75) is 6.92 Å². The Morgan fingerprint density at radius 1 is 1.24 bits per heavy atom. The third kappa shape index (κ3) is 3.17. The normalized spacial score (nSPS) is 10.0. The molecule has 0 saturated heterocycles. The molecule has 2 rings (SSSR count). The average Bonchev–Trinajstić information content (AvgIpc) is 2.47. The highest BCUT2D eigenvalue weighted by atomic mass is 16.5. The molecule has 0 bridgehead atoms. The molecule has 0 aliphatic heterocycles. The first-order valence-electron chi connectivity index (χ1n) is 6.17. The zero-order valence-corrected chi connectivity index (χ0v) is 11.6. The second-order valence-electron chi connectivity index (χ2n) is 4.31. The van der Waals surface area contributed by atoms with E-state index in [2.05, 4.69) is 10.3 Å². The molecule has 1 heterocycles. The molecule has 0 spiro atoms. The summed E-state index contributed by atoms with van der Waals surface area (Å²) in [4.78, 5) is 27.5. The van der Waals surface area contributed by atoms with E-state index >= 15 is 0 Å². The number of carbonyl (C=O) groups is 2. The first-order chi connectivity index (χ1) is 10.0.